The van der Waals surface area contributed by atoms with Crippen LogP contribution in [-0.4, -0.2) is 24.9 Å². The van der Waals surface area contributed by atoms with Gasteiger partial charge in [0.2, 0.25) is 11.8 Å². The largest absolute Gasteiger partial charge is 0.416 e. The molecule has 0 saturated heterocycles. The minimum Gasteiger partial charge on any atom is -0.354 e. The van der Waals surface area contributed by atoms with Crippen molar-refractivity contribution in [2.45, 2.75) is 20.0 Å². The molecule has 4 nitrogen and oxygen atoms in total. The topological polar surface area (TPSA) is 58.2 Å². The second kappa shape index (κ2) is 8.73. The first-order chi connectivity index (χ1) is 11.1. The van der Waals surface area contributed by atoms with Crippen LogP contribution in [0.25, 0.3) is 6.08 Å². The summed E-state index contributed by atoms with van der Waals surface area (Å²) in [5.74, 6) is -0.776. The minimum absolute atomic E-state index is 0.0924. The molecule has 0 aromatic heterocycles. The molecule has 24 heavy (non-hydrogen) atoms. The van der Waals surface area contributed by atoms with E-state index in [4.69, 9.17) is 11.6 Å². The molecule has 0 heterocycles. The zero-order chi connectivity index (χ0) is 18.3. The number of nitrogens with one attached hydrogen (secondary N) is 2. The number of halogens is 4. The lowest BCUT2D eigenvalue weighted by molar-refractivity contribution is -0.137. The molecular formula is C16H18ClF3N2O2. The first-order valence-electron chi connectivity index (χ1n) is 7.21. The third kappa shape index (κ3) is 6.62. The maximum Gasteiger partial charge on any atom is 0.416 e. The lowest BCUT2D eigenvalue weighted by Crippen LogP contribution is -2.35. The van der Waals surface area contributed by atoms with Crippen molar-refractivity contribution >= 4 is 29.5 Å². The van der Waals surface area contributed by atoms with E-state index < -0.39 is 17.6 Å². The molecule has 132 valence electrons. The molecule has 0 atom stereocenters. The molecule has 1 rings (SSSR count). The van der Waals surface area contributed by atoms with Crippen molar-refractivity contribution in [2.75, 3.05) is 13.1 Å². The molecule has 0 unspecified atom stereocenters. The summed E-state index contributed by atoms with van der Waals surface area (Å²) < 4.78 is 37.9. The van der Waals surface area contributed by atoms with Crippen LogP contribution in [0.2, 0.25) is 5.02 Å². The van der Waals surface area contributed by atoms with Crippen molar-refractivity contribution in [3.8, 4) is 0 Å². The van der Waals surface area contributed by atoms with E-state index in [2.05, 4.69) is 10.6 Å². The monoisotopic (exact) mass is 362 g/mol. The van der Waals surface area contributed by atoms with Crippen LogP contribution in [0.4, 0.5) is 13.2 Å². The van der Waals surface area contributed by atoms with E-state index in [-0.39, 0.29) is 35.5 Å². The number of amides is 2. The standard InChI is InChI=1S/C16H18ClF3N2O2/c1-10(2)15(24)22-8-7-21-14(23)6-3-11-9-12(16(18,19)20)4-5-13(11)17/h3-6,9-10H,7-8H2,1-2H3,(H,21,23)(H,22,24). The maximum atomic E-state index is 12.6. The summed E-state index contributed by atoms with van der Waals surface area (Å²) in [6.45, 7) is 3.96. The van der Waals surface area contributed by atoms with Gasteiger partial charge in [0, 0.05) is 30.1 Å². The Bertz CT molecular complexity index is 628. The van der Waals surface area contributed by atoms with Crippen molar-refractivity contribution in [3.05, 3.63) is 40.4 Å². The fourth-order valence-electron chi connectivity index (χ4n) is 1.65. The van der Waals surface area contributed by atoms with Crippen molar-refractivity contribution < 1.29 is 22.8 Å². The van der Waals surface area contributed by atoms with E-state index in [1.807, 2.05) is 0 Å². The van der Waals surface area contributed by atoms with Crippen molar-refractivity contribution in [3.63, 3.8) is 0 Å². The minimum atomic E-state index is -4.48. The summed E-state index contributed by atoms with van der Waals surface area (Å²) in [4.78, 5) is 22.9. The summed E-state index contributed by atoms with van der Waals surface area (Å²) in [6.07, 6.45) is -2.19. The fourth-order valence-corrected chi connectivity index (χ4v) is 1.83. The van der Waals surface area contributed by atoms with Gasteiger partial charge in [-0.3, -0.25) is 9.59 Å². The third-order valence-electron chi connectivity index (χ3n) is 2.99. The van der Waals surface area contributed by atoms with Gasteiger partial charge >= 0.3 is 6.18 Å². The average Bonchev–Trinajstić information content (AvgIpc) is 2.49. The molecule has 0 aliphatic heterocycles. The van der Waals surface area contributed by atoms with Crippen LogP contribution in [0, 0.1) is 5.92 Å². The Kier molecular flexibility index (Phi) is 7.28. The highest BCUT2D eigenvalue weighted by molar-refractivity contribution is 6.32. The quantitative estimate of drug-likeness (QED) is 0.603. The van der Waals surface area contributed by atoms with Gasteiger partial charge in [-0.2, -0.15) is 13.2 Å². The van der Waals surface area contributed by atoms with Gasteiger partial charge in [0.1, 0.15) is 0 Å². The van der Waals surface area contributed by atoms with Crippen molar-refractivity contribution in [1.29, 1.82) is 0 Å². The van der Waals surface area contributed by atoms with Gasteiger partial charge in [-0.1, -0.05) is 25.4 Å². The highest BCUT2D eigenvalue weighted by Gasteiger charge is 2.30. The van der Waals surface area contributed by atoms with Crippen LogP contribution >= 0.6 is 11.6 Å². The molecule has 0 radical (unpaired) electrons. The smallest absolute Gasteiger partial charge is 0.354 e. The molecule has 1 aromatic rings. The molecule has 0 bridgehead atoms. The Morgan fingerprint density at radius 2 is 1.83 bits per heavy atom. The second-order valence-electron chi connectivity index (χ2n) is 5.30. The number of alkyl halides is 3. The Balaban J connectivity index is 2.57. The van der Waals surface area contributed by atoms with Crippen LogP contribution < -0.4 is 10.6 Å². The molecule has 0 spiro atoms. The maximum absolute atomic E-state index is 12.6. The highest BCUT2D eigenvalue weighted by Crippen LogP contribution is 2.32. The van der Waals surface area contributed by atoms with E-state index in [1.54, 1.807) is 13.8 Å². The average molecular weight is 363 g/mol. The molecule has 0 saturated carbocycles. The first kappa shape index (κ1) is 20.0. The normalized spacial score (nSPS) is 11.8. The van der Waals surface area contributed by atoms with Gasteiger partial charge in [-0.25, -0.2) is 0 Å². The molecule has 0 aliphatic carbocycles. The lowest BCUT2D eigenvalue weighted by Gasteiger charge is -2.08. The summed E-state index contributed by atoms with van der Waals surface area (Å²) >= 11 is 5.82. The van der Waals surface area contributed by atoms with Gasteiger partial charge in [-0.05, 0) is 29.8 Å². The zero-order valence-corrected chi connectivity index (χ0v) is 14.0. The molecule has 2 N–H and O–H groups in total. The Labute approximate surface area is 143 Å². The van der Waals surface area contributed by atoms with E-state index in [9.17, 15) is 22.8 Å². The van der Waals surface area contributed by atoms with Gasteiger partial charge in [-0.15, -0.1) is 0 Å². The van der Waals surface area contributed by atoms with Crippen LogP contribution in [0.1, 0.15) is 25.0 Å². The highest BCUT2D eigenvalue weighted by atomic mass is 35.5. The zero-order valence-electron chi connectivity index (χ0n) is 13.2. The van der Waals surface area contributed by atoms with Crippen LogP contribution in [0.5, 0.6) is 0 Å². The Hall–Kier alpha value is -2.02. The molecular weight excluding hydrogens is 345 g/mol. The first-order valence-corrected chi connectivity index (χ1v) is 7.59. The number of carbonyl (C=O) groups excluding carboxylic acids is 2. The predicted octanol–water partition coefficient (Wildman–Crippen LogP) is 3.26. The number of carbonyl (C=O) groups is 2. The molecule has 2 amide bonds. The van der Waals surface area contributed by atoms with Gasteiger partial charge in [0.25, 0.3) is 0 Å². The number of hydrogen-bond donors (Lipinski definition) is 2. The van der Waals surface area contributed by atoms with Gasteiger partial charge < -0.3 is 10.6 Å². The van der Waals surface area contributed by atoms with E-state index in [0.717, 1.165) is 24.3 Å². The molecule has 8 heteroatoms. The molecule has 0 aliphatic rings. The van der Waals surface area contributed by atoms with Crippen molar-refractivity contribution in [1.82, 2.24) is 10.6 Å². The van der Waals surface area contributed by atoms with Crippen molar-refractivity contribution in [2.24, 2.45) is 5.92 Å². The summed E-state index contributed by atoms with van der Waals surface area (Å²) in [6, 6.07) is 2.87. The third-order valence-corrected chi connectivity index (χ3v) is 3.33. The predicted molar refractivity (Wildman–Crippen MR) is 86.3 cm³/mol. The number of hydrogen-bond acceptors (Lipinski definition) is 2. The molecule has 1 aromatic carbocycles. The summed E-state index contributed by atoms with van der Waals surface area (Å²) in [5, 5.41) is 5.23. The fraction of sp³-hybridized carbons (Fsp3) is 0.375. The number of benzene rings is 1. The van der Waals surface area contributed by atoms with E-state index in [1.165, 1.54) is 6.08 Å². The lowest BCUT2D eigenvalue weighted by atomic mass is 10.1. The van der Waals surface area contributed by atoms with Crippen LogP contribution in [-0.2, 0) is 15.8 Å². The number of rotatable bonds is 6. The van der Waals surface area contributed by atoms with E-state index >= 15 is 0 Å². The van der Waals surface area contributed by atoms with Crippen LogP contribution in [0.15, 0.2) is 24.3 Å². The van der Waals surface area contributed by atoms with Gasteiger partial charge in [0.15, 0.2) is 0 Å². The van der Waals surface area contributed by atoms with Gasteiger partial charge in [0.05, 0.1) is 5.56 Å². The second-order valence-corrected chi connectivity index (χ2v) is 5.71. The summed E-state index contributed by atoms with van der Waals surface area (Å²) in [7, 11) is 0. The SMILES string of the molecule is CC(C)C(=O)NCCNC(=O)C=Cc1cc(C(F)(F)F)ccc1Cl. The van der Waals surface area contributed by atoms with E-state index in [0.29, 0.717) is 0 Å². The Morgan fingerprint density at radius 3 is 2.42 bits per heavy atom. The van der Waals surface area contributed by atoms with Crippen LogP contribution in [0.3, 0.4) is 0 Å². The Morgan fingerprint density at radius 1 is 1.21 bits per heavy atom. The molecule has 0 fully saturated rings. The summed E-state index contributed by atoms with van der Waals surface area (Å²) in [5.41, 5.74) is -0.752.